The molecule has 112 valence electrons. The second-order valence-corrected chi connectivity index (χ2v) is 5.08. The lowest BCUT2D eigenvalue weighted by atomic mass is 10.2. The molecule has 0 amide bonds. The van der Waals surface area contributed by atoms with Crippen molar-refractivity contribution in [2.45, 2.75) is 33.6 Å². The molecule has 21 heavy (non-hydrogen) atoms. The van der Waals surface area contributed by atoms with Gasteiger partial charge in [-0.05, 0) is 31.4 Å². The van der Waals surface area contributed by atoms with Gasteiger partial charge in [0.1, 0.15) is 17.0 Å². The first-order valence-electron chi connectivity index (χ1n) is 7.44. The van der Waals surface area contributed by atoms with E-state index in [9.17, 15) is 4.79 Å². The zero-order chi connectivity index (χ0) is 15.2. The molecule has 0 atom stereocenters. The van der Waals surface area contributed by atoms with Gasteiger partial charge in [-0.1, -0.05) is 19.9 Å². The van der Waals surface area contributed by atoms with Gasteiger partial charge in [-0.25, -0.2) is 4.98 Å². The summed E-state index contributed by atoms with van der Waals surface area (Å²) in [5, 5.41) is 3.22. The summed E-state index contributed by atoms with van der Waals surface area (Å²) in [6, 6.07) is 3.82. The predicted molar refractivity (Wildman–Crippen MR) is 87.7 cm³/mol. The molecular weight excluding hydrogens is 264 g/mol. The standard InChI is InChI=1S/C16H22N4O/c1-4-8-17-10-13-15(18-9-5-2)19-14-7-6-12(3)11-20(14)16(13)21/h6-7,10-11,18H,4-5,8-9H2,1-3H3. The van der Waals surface area contributed by atoms with Crippen molar-refractivity contribution in [3.8, 4) is 0 Å². The zero-order valence-electron chi connectivity index (χ0n) is 12.9. The minimum absolute atomic E-state index is 0.0813. The quantitative estimate of drug-likeness (QED) is 0.831. The largest absolute Gasteiger partial charge is 0.369 e. The number of aromatic nitrogens is 2. The highest BCUT2D eigenvalue weighted by Gasteiger charge is 2.10. The van der Waals surface area contributed by atoms with Crippen molar-refractivity contribution in [2.75, 3.05) is 18.4 Å². The van der Waals surface area contributed by atoms with Crippen LogP contribution < -0.4 is 10.9 Å². The molecule has 0 saturated heterocycles. The number of hydrogen-bond acceptors (Lipinski definition) is 4. The Morgan fingerprint density at radius 2 is 2.14 bits per heavy atom. The van der Waals surface area contributed by atoms with Crippen molar-refractivity contribution in [1.29, 1.82) is 0 Å². The molecule has 0 spiro atoms. The number of pyridine rings is 1. The van der Waals surface area contributed by atoms with Gasteiger partial charge in [0.05, 0.1) is 0 Å². The SMILES string of the molecule is CCCN=Cc1c(NCCC)nc2ccc(C)cn2c1=O. The Hall–Kier alpha value is -2.17. The van der Waals surface area contributed by atoms with Crippen molar-refractivity contribution in [3.05, 3.63) is 39.8 Å². The van der Waals surface area contributed by atoms with Crippen molar-refractivity contribution in [1.82, 2.24) is 9.38 Å². The Morgan fingerprint density at radius 3 is 2.86 bits per heavy atom. The highest BCUT2D eigenvalue weighted by molar-refractivity contribution is 5.86. The Balaban J connectivity index is 2.59. The number of nitrogens with zero attached hydrogens (tertiary/aromatic N) is 3. The minimum atomic E-state index is -0.0813. The fourth-order valence-corrected chi connectivity index (χ4v) is 2.04. The second-order valence-electron chi connectivity index (χ2n) is 5.08. The van der Waals surface area contributed by atoms with Crippen LogP contribution in [0.3, 0.4) is 0 Å². The Kier molecular flexibility index (Phi) is 5.09. The van der Waals surface area contributed by atoms with Crippen LogP contribution in [0.1, 0.15) is 37.8 Å². The maximum absolute atomic E-state index is 12.7. The molecule has 0 aliphatic carbocycles. The third-order valence-corrected chi connectivity index (χ3v) is 3.12. The maximum Gasteiger partial charge on any atom is 0.268 e. The monoisotopic (exact) mass is 286 g/mol. The molecule has 2 rings (SSSR count). The Bertz CT molecular complexity index is 703. The summed E-state index contributed by atoms with van der Waals surface area (Å²) in [5.41, 5.74) is 2.12. The fourth-order valence-electron chi connectivity index (χ4n) is 2.04. The topological polar surface area (TPSA) is 58.8 Å². The molecule has 0 saturated carbocycles. The van der Waals surface area contributed by atoms with Crippen LogP contribution in [0.2, 0.25) is 0 Å². The molecule has 0 radical (unpaired) electrons. The van der Waals surface area contributed by atoms with Crippen LogP contribution in [-0.4, -0.2) is 28.7 Å². The molecule has 0 fully saturated rings. The molecule has 2 heterocycles. The van der Waals surface area contributed by atoms with E-state index >= 15 is 0 Å². The van der Waals surface area contributed by atoms with Gasteiger partial charge in [-0.3, -0.25) is 14.2 Å². The van der Waals surface area contributed by atoms with Gasteiger partial charge < -0.3 is 5.32 Å². The predicted octanol–water partition coefficient (Wildman–Crippen LogP) is 2.65. The molecule has 0 bridgehead atoms. The highest BCUT2D eigenvalue weighted by Crippen LogP contribution is 2.10. The summed E-state index contributed by atoms with van der Waals surface area (Å²) in [4.78, 5) is 21.5. The summed E-state index contributed by atoms with van der Waals surface area (Å²) < 4.78 is 1.58. The number of hydrogen-bond donors (Lipinski definition) is 1. The summed E-state index contributed by atoms with van der Waals surface area (Å²) in [7, 11) is 0. The van der Waals surface area contributed by atoms with Gasteiger partial charge in [0.15, 0.2) is 0 Å². The van der Waals surface area contributed by atoms with E-state index in [4.69, 9.17) is 0 Å². The number of anilines is 1. The number of nitrogens with one attached hydrogen (secondary N) is 1. The first-order chi connectivity index (χ1) is 10.2. The molecule has 5 nitrogen and oxygen atoms in total. The van der Waals surface area contributed by atoms with E-state index in [0.717, 1.165) is 24.9 Å². The van der Waals surface area contributed by atoms with Gasteiger partial charge in [0.25, 0.3) is 5.56 Å². The van der Waals surface area contributed by atoms with Crippen LogP contribution in [0, 0.1) is 6.92 Å². The van der Waals surface area contributed by atoms with Crippen LogP contribution in [0.15, 0.2) is 28.1 Å². The maximum atomic E-state index is 12.7. The first kappa shape index (κ1) is 15.2. The average Bonchev–Trinajstić information content (AvgIpc) is 2.48. The highest BCUT2D eigenvalue weighted by atomic mass is 16.1. The minimum Gasteiger partial charge on any atom is -0.369 e. The van der Waals surface area contributed by atoms with Crippen LogP contribution in [0.4, 0.5) is 5.82 Å². The van der Waals surface area contributed by atoms with E-state index in [2.05, 4.69) is 29.1 Å². The van der Waals surface area contributed by atoms with Crippen molar-refractivity contribution in [2.24, 2.45) is 4.99 Å². The smallest absolute Gasteiger partial charge is 0.268 e. The normalized spacial score (nSPS) is 11.4. The van der Waals surface area contributed by atoms with E-state index in [1.165, 1.54) is 0 Å². The molecule has 0 aliphatic heterocycles. The van der Waals surface area contributed by atoms with Gasteiger partial charge in [-0.15, -0.1) is 0 Å². The van der Waals surface area contributed by atoms with Crippen molar-refractivity contribution in [3.63, 3.8) is 0 Å². The van der Waals surface area contributed by atoms with Crippen molar-refractivity contribution < 1.29 is 0 Å². The van der Waals surface area contributed by atoms with Crippen LogP contribution >= 0.6 is 0 Å². The van der Waals surface area contributed by atoms with E-state index in [1.54, 1.807) is 10.6 Å². The Labute approximate surface area is 124 Å². The van der Waals surface area contributed by atoms with Gasteiger partial charge in [0.2, 0.25) is 0 Å². The third-order valence-electron chi connectivity index (χ3n) is 3.12. The molecule has 0 aliphatic rings. The summed E-state index contributed by atoms with van der Waals surface area (Å²) in [6.45, 7) is 7.59. The van der Waals surface area contributed by atoms with E-state index in [0.29, 0.717) is 23.6 Å². The molecular formula is C16H22N4O. The lowest BCUT2D eigenvalue weighted by Crippen LogP contribution is -2.23. The van der Waals surface area contributed by atoms with E-state index in [1.807, 2.05) is 25.3 Å². The number of aliphatic imine (C=N–C) groups is 1. The first-order valence-corrected chi connectivity index (χ1v) is 7.44. The van der Waals surface area contributed by atoms with E-state index < -0.39 is 0 Å². The lowest BCUT2D eigenvalue weighted by molar-refractivity contribution is 0.933. The molecule has 2 aromatic heterocycles. The molecule has 0 unspecified atom stereocenters. The number of fused-ring (bicyclic) bond motifs is 1. The zero-order valence-corrected chi connectivity index (χ0v) is 12.9. The molecule has 1 N–H and O–H groups in total. The summed E-state index contributed by atoms with van der Waals surface area (Å²) >= 11 is 0. The number of aryl methyl sites for hydroxylation is 1. The summed E-state index contributed by atoms with van der Waals surface area (Å²) in [5.74, 6) is 0.616. The van der Waals surface area contributed by atoms with Gasteiger partial charge >= 0.3 is 0 Å². The Morgan fingerprint density at radius 1 is 1.33 bits per heavy atom. The molecule has 0 aromatic carbocycles. The summed E-state index contributed by atoms with van der Waals surface area (Å²) in [6.07, 6.45) is 5.38. The van der Waals surface area contributed by atoms with E-state index in [-0.39, 0.29) is 5.56 Å². The molecule has 5 heteroatoms. The fraction of sp³-hybridized carbons (Fsp3) is 0.438. The van der Waals surface area contributed by atoms with Crippen LogP contribution in [-0.2, 0) is 0 Å². The number of rotatable bonds is 6. The van der Waals surface area contributed by atoms with Crippen LogP contribution in [0.25, 0.3) is 5.65 Å². The van der Waals surface area contributed by atoms with Crippen LogP contribution in [0.5, 0.6) is 0 Å². The second kappa shape index (κ2) is 7.02. The lowest BCUT2D eigenvalue weighted by Gasteiger charge is -2.10. The van der Waals surface area contributed by atoms with Gasteiger partial charge in [0, 0.05) is 25.5 Å². The molecule has 2 aromatic rings. The van der Waals surface area contributed by atoms with Crippen molar-refractivity contribution >= 4 is 17.7 Å². The third kappa shape index (κ3) is 3.48. The van der Waals surface area contributed by atoms with Gasteiger partial charge in [-0.2, -0.15) is 0 Å². The average molecular weight is 286 g/mol.